The molecular formula is C25H26O10. The molecule has 2 heterocycles. The van der Waals surface area contributed by atoms with Crippen molar-refractivity contribution in [2.75, 3.05) is 41.3 Å². The van der Waals surface area contributed by atoms with E-state index in [2.05, 4.69) is 0 Å². The van der Waals surface area contributed by atoms with E-state index in [1.807, 2.05) is 18.2 Å². The Morgan fingerprint density at radius 3 is 2.20 bits per heavy atom. The number of cyclic esters (lactones) is 1. The Morgan fingerprint density at radius 1 is 0.943 bits per heavy atom. The van der Waals surface area contributed by atoms with Crippen molar-refractivity contribution in [1.82, 2.24) is 0 Å². The van der Waals surface area contributed by atoms with Crippen LogP contribution in [0.15, 0.2) is 24.3 Å². The zero-order chi connectivity index (χ0) is 24.7. The van der Waals surface area contributed by atoms with Gasteiger partial charge in [-0.05, 0) is 42.3 Å². The third-order valence-corrected chi connectivity index (χ3v) is 6.65. The van der Waals surface area contributed by atoms with E-state index >= 15 is 0 Å². The highest BCUT2D eigenvalue weighted by Crippen LogP contribution is 2.55. The molecule has 0 amide bonds. The number of ether oxygens (including phenoxy) is 8. The van der Waals surface area contributed by atoms with Crippen LogP contribution in [-0.2, 0) is 19.0 Å². The van der Waals surface area contributed by atoms with Crippen LogP contribution in [0.4, 0.5) is 4.79 Å². The fraction of sp³-hybridized carbons (Fsp3) is 0.440. The summed E-state index contributed by atoms with van der Waals surface area (Å²) in [6.45, 7) is 2.02. The Morgan fingerprint density at radius 2 is 1.60 bits per heavy atom. The molecule has 1 fully saturated rings. The first-order valence-corrected chi connectivity index (χ1v) is 11.2. The molecule has 1 saturated heterocycles. The monoisotopic (exact) mass is 486 g/mol. The van der Waals surface area contributed by atoms with Crippen molar-refractivity contribution in [3.63, 3.8) is 0 Å². The van der Waals surface area contributed by atoms with E-state index in [9.17, 15) is 9.59 Å². The largest absolute Gasteiger partial charge is 0.508 e. The number of methoxy groups -OCH3 is 3. The van der Waals surface area contributed by atoms with E-state index < -0.39 is 36.0 Å². The first kappa shape index (κ1) is 22.9. The van der Waals surface area contributed by atoms with Gasteiger partial charge in [-0.1, -0.05) is 0 Å². The molecule has 0 aromatic heterocycles. The third-order valence-electron chi connectivity index (χ3n) is 6.65. The molecule has 0 saturated carbocycles. The highest BCUT2D eigenvalue weighted by molar-refractivity contribution is 5.78. The topological polar surface area (TPSA) is 108 Å². The SMILES string of the molecule is CCOC(=O)[C@@H]1C(c2cc(OC)c(OC)c(OC)c2)c2cc3c(cc2[C@@H]2OC(=O)OC[C@@H]12)OCO3. The molecule has 0 radical (unpaired) electrons. The van der Waals surface area contributed by atoms with Gasteiger partial charge in [-0.25, -0.2) is 4.79 Å². The van der Waals surface area contributed by atoms with Crippen LogP contribution in [-0.4, -0.2) is 53.5 Å². The lowest BCUT2D eigenvalue weighted by Crippen LogP contribution is -2.45. The first-order valence-electron chi connectivity index (χ1n) is 11.2. The summed E-state index contributed by atoms with van der Waals surface area (Å²) in [5, 5.41) is 0. The second-order valence-electron chi connectivity index (χ2n) is 8.31. The zero-order valence-electron chi connectivity index (χ0n) is 19.8. The van der Waals surface area contributed by atoms with Gasteiger partial charge in [0.25, 0.3) is 0 Å². The van der Waals surface area contributed by atoms with Gasteiger partial charge in [0, 0.05) is 17.4 Å². The number of fused-ring (bicyclic) bond motifs is 4. The maximum atomic E-state index is 13.4. The standard InChI is InChI=1S/C25H26O10/c1-5-31-24(26)21-15-10-32-25(27)35-22(15)14-9-17-16(33-11-34-17)8-13(14)20(21)12-6-18(28-2)23(30-4)19(7-12)29-3/h6-9,15,20-22H,5,10-11H2,1-4H3/t15-,20?,21-,22-/m0/s1. The molecule has 0 N–H and O–H groups in total. The van der Waals surface area contributed by atoms with Crippen LogP contribution in [0.3, 0.4) is 0 Å². The van der Waals surface area contributed by atoms with Crippen LogP contribution in [0.5, 0.6) is 28.7 Å². The Kier molecular flexibility index (Phi) is 5.96. The van der Waals surface area contributed by atoms with Gasteiger partial charge < -0.3 is 37.9 Å². The van der Waals surface area contributed by atoms with E-state index in [4.69, 9.17) is 37.9 Å². The molecule has 2 aliphatic heterocycles. The van der Waals surface area contributed by atoms with Gasteiger partial charge in [-0.2, -0.15) is 0 Å². The lowest BCUT2D eigenvalue weighted by Gasteiger charge is -2.44. The van der Waals surface area contributed by atoms with Crippen molar-refractivity contribution in [3.8, 4) is 28.7 Å². The number of hydrogen-bond acceptors (Lipinski definition) is 10. The quantitative estimate of drug-likeness (QED) is 0.562. The van der Waals surface area contributed by atoms with Gasteiger partial charge in [0.2, 0.25) is 12.5 Å². The molecule has 10 heteroatoms. The average molecular weight is 486 g/mol. The highest BCUT2D eigenvalue weighted by Gasteiger charge is 2.52. The fourth-order valence-electron chi connectivity index (χ4n) is 5.21. The molecule has 2 aromatic carbocycles. The summed E-state index contributed by atoms with van der Waals surface area (Å²) >= 11 is 0. The first-order chi connectivity index (χ1) is 17.0. The molecule has 2 aromatic rings. The van der Waals surface area contributed by atoms with Crippen LogP contribution in [0.2, 0.25) is 0 Å². The summed E-state index contributed by atoms with van der Waals surface area (Å²) in [5.41, 5.74) is 2.20. The second kappa shape index (κ2) is 9.09. The normalized spacial score (nSPS) is 23.8. The molecule has 10 nitrogen and oxygen atoms in total. The van der Waals surface area contributed by atoms with Gasteiger partial charge in [0.1, 0.15) is 12.7 Å². The fourth-order valence-corrected chi connectivity index (χ4v) is 5.21. The van der Waals surface area contributed by atoms with Crippen LogP contribution in [0.25, 0.3) is 0 Å². The lowest BCUT2D eigenvalue weighted by molar-refractivity contribution is -0.159. The number of hydrogen-bond donors (Lipinski definition) is 0. The second-order valence-corrected chi connectivity index (χ2v) is 8.31. The highest BCUT2D eigenvalue weighted by atomic mass is 16.7. The van der Waals surface area contributed by atoms with E-state index in [1.54, 1.807) is 13.0 Å². The van der Waals surface area contributed by atoms with Gasteiger partial charge >= 0.3 is 12.1 Å². The summed E-state index contributed by atoms with van der Waals surface area (Å²) < 4.78 is 44.2. The average Bonchev–Trinajstić information content (AvgIpc) is 3.33. The Balaban J connectivity index is 1.76. The number of carbonyl (C=O) groups excluding carboxylic acids is 2. The molecule has 0 spiro atoms. The molecule has 0 bridgehead atoms. The Bertz CT molecular complexity index is 1130. The minimum absolute atomic E-state index is 0.00177. The van der Waals surface area contributed by atoms with Crippen molar-refractivity contribution in [2.45, 2.75) is 18.9 Å². The van der Waals surface area contributed by atoms with Gasteiger partial charge in [0.05, 0.1) is 33.9 Å². The van der Waals surface area contributed by atoms with Gasteiger partial charge in [-0.3, -0.25) is 4.79 Å². The number of benzene rings is 2. The zero-order valence-corrected chi connectivity index (χ0v) is 19.8. The van der Waals surface area contributed by atoms with Crippen molar-refractivity contribution in [1.29, 1.82) is 0 Å². The summed E-state index contributed by atoms with van der Waals surface area (Å²) in [7, 11) is 4.58. The minimum Gasteiger partial charge on any atom is -0.493 e. The predicted octanol–water partition coefficient (Wildman–Crippen LogP) is 3.59. The van der Waals surface area contributed by atoms with Crippen molar-refractivity contribution >= 4 is 12.1 Å². The molecule has 35 heavy (non-hydrogen) atoms. The molecule has 5 rings (SSSR count). The Labute approximate surface area is 201 Å². The molecule has 186 valence electrons. The van der Waals surface area contributed by atoms with Crippen LogP contribution < -0.4 is 23.7 Å². The molecule has 3 aliphatic rings. The summed E-state index contributed by atoms with van der Waals surface area (Å²) in [6, 6.07) is 7.25. The maximum absolute atomic E-state index is 13.4. The third kappa shape index (κ3) is 3.73. The Hall–Kier alpha value is -3.82. The van der Waals surface area contributed by atoms with Gasteiger partial charge in [0.15, 0.2) is 23.0 Å². The number of carbonyl (C=O) groups is 2. The van der Waals surface area contributed by atoms with Crippen molar-refractivity contribution in [3.05, 3.63) is 41.0 Å². The predicted molar refractivity (Wildman–Crippen MR) is 119 cm³/mol. The van der Waals surface area contributed by atoms with Crippen LogP contribution in [0, 0.1) is 11.8 Å². The molecule has 4 atom stereocenters. The van der Waals surface area contributed by atoms with Crippen LogP contribution >= 0.6 is 0 Å². The minimum atomic E-state index is -0.788. The van der Waals surface area contributed by atoms with E-state index in [1.165, 1.54) is 21.3 Å². The lowest BCUT2D eigenvalue weighted by atomic mass is 9.65. The number of esters is 1. The van der Waals surface area contributed by atoms with Crippen LogP contribution in [0.1, 0.15) is 35.6 Å². The molecule has 1 unspecified atom stereocenters. The summed E-state index contributed by atoms with van der Waals surface area (Å²) in [6.07, 6.45) is -1.50. The van der Waals surface area contributed by atoms with Crippen molar-refractivity contribution < 1.29 is 47.5 Å². The van der Waals surface area contributed by atoms with Crippen molar-refractivity contribution in [2.24, 2.45) is 11.8 Å². The van der Waals surface area contributed by atoms with E-state index in [0.717, 1.165) is 16.7 Å². The molecular weight excluding hydrogens is 460 g/mol. The van der Waals surface area contributed by atoms with Gasteiger partial charge in [-0.15, -0.1) is 0 Å². The summed E-state index contributed by atoms with van der Waals surface area (Å²) in [4.78, 5) is 25.5. The molecule has 1 aliphatic carbocycles. The van der Waals surface area contributed by atoms with E-state index in [-0.39, 0.29) is 20.0 Å². The smallest absolute Gasteiger partial charge is 0.493 e. The maximum Gasteiger partial charge on any atom is 0.508 e. The number of rotatable bonds is 6. The summed E-state index contributed by atoms with van der Waals surface area (Å²) in [5.74, 6) is 0.234. The van der Waals surface area contributed by atoms with E-state index in [0.29, 0.717) is 28.7 Å².